The molecule has 0 aromatic carbocycles. The van der Waals surface area contributed by atoms with Gasteiger partial charge in [-0.05, 0) is 41.5 Å². The lowest BCUT2D eigenvalue weighted by atomic mass is 9.94. The molecule has 6 heteroatoms. The smallest absolute Gasteiger partial charge is 0.216 e. The predicted molar refractivity (Wildman–Crippen MR) is 81.1 cm³/mol. The Bertz CT molecular complexity index is 402. The molecule has 0 fully saturated rings. The molecule has 1 unspecified atom stereocenters. The minimum Gasteiger partial charge on any atom is -0.357 e. The molecule has 0 heterocycles. The fourth-order valence-corrected chi connectivity index (χ4v) is 1.79. The summed E-state index contributed by atoms with van der Waals surface area (Å²) in [6, 6.07) is 0. The van der Waals surface area contributed by atoms with Gasteiger partial charge in [-0.1, -0.05) is 0 Å². The Morgan fingerprint density at radius 1 is 1.05 bits per heavy atom. The zero-order chi connectivity index (χ0) is 16.8. The van der Waals surface area contributed by atoms with Crippen LogP contribution < -0.4 is 10.6 Å². The third-order valence-electron chi connectivity index (χ3n) is 3.37. The van der Waals surface area contributed by atoms with Crippen LogP contribution in [0.2, 0.25) is 0 Å². The van der Waals surface area contributed by atoms with Crippen molar-refractivity contribution < 1.29 is 19.1 Å². The van der Waals surface area contributed by atoms with Gasteiger partial charge in [0, 0.05) is 20.0 Å². The number of Topliss-reactive ketones (excluding diaryl/α,β-unsaturated/α-hetero) is 2. The van der Waals surface area contributed by atoms with Crippen LogP contribution in [-0.2, 0) is 19.1 Å². The minimum atomic E-state index is -0.985. The number of rotatable bonds is 9. The molecule has 0 aliphatic rings. The van der Waals surface area contributed by atoms with E-state index < -0.39 is 17.2 Å². The van der Waals surface area contributed by atoms with Crippen molar-refractivity contribution in [3.8, 4) is 0 Å². The van der Waals surface area contributed by atoms with E-state index >= 15 is 0 Å². The maximum atomic E-state index is 12.4. The summed E-state index contributed by atoms with van der Waals surface area (Å²) in [5.74, 6) is -0.376. The Morgan fingerprint density at radius 2 is 1.57 bits per heavy atom. The van der Waals surface area contributed by atoms with Crippen LogP contribution in [0.3, 0.4) is 0 Å². The number of ether oxygens (including phenoxy) is 1. The quantitative estimate of drug-likeness (QED) is 0.616. The second kappa shape index (κ2) is 7.66. The fraction of sp³-hybridized carbons (Fsp3) is 0.800. The number of ketones is 2. The van der Waals surface area contributed by atoms with Crippen LogP contribution in [0.25, 0.3) is 0 Å². The average molecular weight is 300 g/mol. The van der Waals surface area contributed by atoms with Crippen LogP contribution in [0, 0.1) is 0 Å². The van der Waals surface area contributed by atoms with Gasteiger partial charge in [0.05, 0.1) is 5.54 Å². The molecule has 0 saturated heterocycles. The first-order valence-corrected chi connectivity index (χ1v) is 7.13. The van der Waals surface area contributed by atoms with Gasteiger partial charge in [0.25, 0.3) is 0 Å². The number of nitrogens with one attached hydrogen (secondary N) is 2. The van der Waals surface area contributed by atoms with Crippen molar-refractivity contribution in [1.29, 1.82) is 0 Å². The monoisotopic (exact) mass is 300 g/mol. The molecule has 2 N–H and O–H groups in total. The fourth-order valence-electron chi connectivity index (χ4n) is 1.79. The van der Waals surface area contributed by atoms with Crippen molar-refractivity contribution in [3.05, 3.63) is 0 Å². The van der Waals surface area contributed by atoms with Gasteiger partial charge in [0.2, 0.25) is 5.91 Å². The van der Waals surface area contributed by atoms with Gasteiger partial charge < -0.3 is 15.4 Å². The molecular weight excluding hydrogens is 272 g/mol. The summed E-state index contributed by atoms with van der Waals surface area (Å²) in [5, 5.41) is 5.73. The van der Waals surface area contributed by atoms with E-state index in [-0.39, 0.29) is 17.5 Å². The SMILES string of the molecule is CC(=O)NCCNC(C)(C)C(=O)C(C)OC(C)(C)C(C)=O. The molecule has 0 bridgehead atoms. The summed E-state index contributed by atoms with van der Waals surface area (Å²) >= 11 is 0. The standard InChI is InChI=1S/C15H28N2O4/c1-10(21-15(6,7)11(2)18)13(20)14(4,5)17-9-8-16-12(3)19/h10,17H,8-9H2,1-7H3,(H,16,19). The van der Waals surface area contributed by atoms with Crippen molar-refractivity contribution in [2.45, 2.75) is 65.7 Å². The number of hydrogen-bond donors (Lipinski definition) is 2. The summed E-state index contributed by atoms with van der Waals surface area (Å²) in [6.45, 7) is 12.2. The Morgan fingerprint density at radius 3 is 2.00 bits per heavy atom. The van der Waals surface area contributed by atoms with E-state index in [1.54, 1.807) is 34.6 Å². The minimum absolute atomic E-state index is 0.110. The highest BCUT2D eigenvalue weighted by Crippen LogP contribution is 2.17. The first-order valence-electron chi connectivity index (χ1n) is 7.13. The van der Waals surface area contributed by atoms with Crippen LogP contribution in [0.15, 0.2) is 0 Å². The summed E-state index contributed by atoms with van der Waals surface area (Å²) in [4.78, 5) is 34.6. The van der Waals surface area contributed by atoms with Crippen molar-refractivity contribution in [2.75, 3.05) is 13.1 Å². The molecule has 1 amide bonds. The van der Waals surface area contributed by atoms with Crippen LogP contribution in [-0.4, -0.2) is 47.8 Å². The third-order valence-corrected chi connectivity index (χ3v) is 3.37. The molecule has 0 aliphatic heterocycles. The summed E-state index contributed by atoms with van der Waals surface area (Å²) in [5.41, 5.74) is -1.79. The van der Waals surface area contributed by atoms with E-state index in [4.69, 9.17) is 4.74 Å². The number of hydrogen-bond acceptors (Lipinski definition) is 5. The zero-order valence-electron chi connectivity index (χ0n) is 14.1. The number of carbonyl (C=O) groups is 3. The lowest BCUT2D eigenvalue weighted by Crippen LogP contribution is -2.54. The molecular formula is C15H28N2O4. The van der Waals surface area contributed by atoms with Crippen molar-refractivity contribution in [1.82, 2.24) is 10.6 Å². The Kier molecular flexibility index (Phi) is 7.19. The van der Waals surface area contributed by atoms with Crippen molar-refractivity contribution in [3.63, 3.8) is 0 Å². The highest BCUT2D eigenvalue weighted by atomic mass is 16.5. The zero-order valence-corrected chi connectivity index (χ0v) is 14.1. The predicted octanol–water partition coefficient (Wildman–Crippen LogP) is 0.833. The number of carbonyl (C=O) groups excluding carboxylic acids is 3. The Labute approximate surface area is 127 Å². The number of amides is 1. The van der Waals surface area contributed by atoms with Crippen LogP contribution in [0.4, 0.5) is 0 Å². The van der Waals surface area contributed by atoms with E-state index in [1.165, 1.54) is 13.8 Å². The highest BCUT2D eigenvalue weighted by Gasteiger charge is 2.36. The van der Waals surface area contributed by atoms with Gasteiger partial charge in [-0.3, -0.25) is 14.4 Å². The van der Waals surface area contributed by atoms with Gasteiger partial charge in [-0.25, -0.2) is 0 Å². The molecule has 0 aromatic rings. The summed E-state index contributed by atoms with van der Waals surface area (Å²) in [6.07, 6.45) is -0.702. The van der Waals surface area contributed by atoms with E-state index in [0.29, 0.717) is 13.1 Å². The summed E-state index contributed by atoms with van der Waals surface area (Å²) in [7, 11) is 0. The summed E-state index contributed by atoms with van der Waals surface area (Å²) < 4.78 is 5.58. The van der Waals surface area contributed by atoms with E-state index in [2.05, 4.69) is 10.6 Å². The molecule has 0 spiro atoms. The van der Waals surface area contributed by atoms with Crippen molar-refractivity contribution >= 4 is 17.5 Å². The highest BCUT2D eigenvalue weighted by molar-refractivity contribution is 5.92. The van der Waals surface area contributed by atoms with Crippen LogP contribution in [0.5, 0.6) is 0 Å². The second-order valence-electron chi connectivity index (χ2n) is 6.23. The second-order valence-corrected chi connectivity index (χ2v) is 6.23. The van der Waals surface area contributed by atoms with Gasteiger partial charge >= 0.3 is 0 Å². The lowest BCUT2D eigenvalue weighted by molar-refractivity contribution is -0.155. The third kappa shape index (κ3) is 6.82. The van der Waals surface area contributed by atoms with Gasteiger partial charge in [0.15, 0.2) is 11.6 Å². The molecule has 122 valence electrons. The maximum absolute atomic E-state index is 12.4. The normalized spacial score (nSPS) is 13.7. The maximum Gasteiger partial charge on any atom is 0.216 e. The lowest BCUT2D eigenvalue weighted by Gasteiger charge is -2.32. The molecule has 0 rings (SSSR count). The van der Waals surface area contributed by atoms with E-state index in [1.807, 2.05) is 0 Å². The molecule has 0 aromatic heterocycles. The average Bonchev–Trinajstić information content (AvgIpc) is 2.32. The van der Waals surface area contributed by atoms with Gasteiger partial charge in [0.1, 0.15) is 11.7 Å². The first-order chi connectivity index (χ1) is 9.40. The largest absolute Gasteiger partial charge is 0.357 e. The van der Waals surface area contributed by atoms with Gasteiger partial charge in [-0.15, -0.1) is 0 Å². The Balaban J connectivity index is 4.52. The Hall–Kier alpha value is -1.27. The molecule has 0 radical (unpaired) electrons. The molecule has 0 saturated carbocycles. The van der Waals surface area contributed by atoms with E-state index in [0.717, 1.165) is 0 Å². The van der Waals surface area contributed by atoms with Gasteiger partial charge in [-0.2, -0.15) is 0 Å². The first kappa shape index (κ1) is 19.7. The topological polar surface area (TPSA) is 84.5 Å². The van der Waals surface area contributed by atoms with Crippen LogP contribution >= 0.6 is 0 Å². The molecule has 1 atom stereocenters. The van der Waals surface area contributed by atoms with E-state index in [9.17, 15) is 14.4 Å². The molecule has 6 nitrogen and oxygen atoms in total. The molecule has 21 heavy (non-hydrogen) atoms. The molecule has 0 aliphatic carbocycles. The van der Waals surface area contributed by atoms with Crippen LogP contribution in [0.1, 0.15) is 48.5 Å². The van der Waals surface area contributed by atoms with Crippen molar-refractivity contribution in [2.24, 2.45) is 0 Å².